The Kier molecular flexibility index (Phi) is 4.36. The van der Waals surface area contributed by atoms with Gasteiger partial charge in [-0.15, -0.1) is 0 Å². The van der Waals surface area contributed by atoms with E-state index in [1.165, 1.54) is 0 Å². The summed E-state index contributed by atoms with van der Waals surface area (Å²) in [4.78, 5) is 6.52. The van der Waals surface area contributed by atoms with Crippen molar-refractivity contribution in [2.45, 2.75) is 26.3 Å². The number of benzene rings is 1. The molecule has 112 valence electrons. The van der Waals surface area contributed by atoms with Crippen molar-refractivity contribution < 1.29 is 4.74 Å². The van der Waals surface area contributed by atoms with Crippen LogP contribution < -0.4 is 15.0 Å². The summed E-state index contributed by atoms with van der Waals surface area (Å²) in [6.45, 7) is 6.30. The van der Waals surface area contributed by atoms with Crippen LogP contribution in [0.4, 0.5) is 11.5 Å². The number of hydrogen-bond acceptors (Lipinski definition) is 4. The van der Waals surface area contributed by atoms with Gasteiger partial charge in [-0.3, -0.25) is 0 Å². The van der Waals surface area contributed by atoms with E-state index in [1.54, 1.807) is 0 Å². The van der Waals surface area contributed by atoms with Crippen LogP contribution >= 0.6 is 0 Å². The quantitative estimate of drug-likeness (QED) is 0.915. The van der Waals surface area contributed by atoms with Crippen molar-refractivity contribution in [2.75, 3.05) is 24.3 Å². The first-order chi connectivity index (χ1) is 9.83. The summed E-state index contributed by atoms with van der Waals surface area (Å²) in [5.74, 6) is 2.17. The topological polar surface area (TPSA) is 37.4 Å². The number of aromatic nitrogens is 1. The van der Waals surface area contributed by atoms with Gasteiger partial charge in [0, 0.05) is 37.5 Å². The highest BCUT2D eigenvalue weighted by molar-refractivity contribution is 5.50. The number of nitrogens with one attached hydrogen (secondary N) is 1. The molecule has 1 N–H and O–H groups in total. The molecule has 0 bridgehead atoms. The zero-order valence-electron chi connectivity index (χ0n) is 13.3. The molecule has 1 aromatic carbocycles. The molecule has 0 fully saturated rings. The van der Waals surface area contributed by atoms with Gasteiger partial charge in [-0.2, -0.15) is 4.98 Å². The van der Waals surface area contributed by atoms with E-state index in [0.29, 0.717) is 5.88 Å². The van der Waals surface area contributed by atoms with Gasteiger partial charge in [0.2, 0.25) is 5.88 Å². The Hall–Kier alpha value is -2.23. The van der Waals surface area contributed by atoms with Crippen LogP contribution in [-0.2, 0) is 0 Å². The smallest absolute Gasteiger partial charge is 0.221 e. The normalized spacial score (nSPS) is 11.1. The average Bonchev–Trinajstić information content (AvgIpc) is 2.37. The van der Waals surface area contributed by atoms with Gasteiger partial charge in [0.25, 0.3) is 0 Å². The van der Waals surface area contributed by atoms with Crippen LogP contribution in [0, 0.1) is 0 Å². The summed E-state index contributed by atoms with van der Waals surface area (Å²) in [6.07, 6.45) is 0. The molecular formula is C17H23N3O. The maximum absolute atomic E-state index is 5.85. The summed E-state index contributed by atoms with van der Waals surface area (Å²) in [7, 11) is 4.01. The van der Waals surface area contributed by atoms with Crippen LogP contribution in [0.3, 0.4) is 0 Å². The van der Waals surface area contributed by atoms with E-state index in [0.717, 1.165) is 17.3 Å². The second-order valence-corrected chi connectivity index (χ2v) is 6.23. The number of nitrogens with zero attached hydrogens (tertiary/aromatic N) is 2. The maximum atomic E-state index is 5.85. The van der Waals surface area contributed by atoms with Crippen LogP contribution in [0.25, 0.3) is 0 Å². The van der Waals surface area contributed by atoms with E-state index in [4.69, 9.17) is 4.74 Å². The number of anilines is 2. The summed E-state index contributed by atoms with van der Waals surface area (Å²) in [6, 6.07) is 13.7. The van der Waals surface area contributed by atoms with Crippen LogP contribution in [0.15, 0.2) is 42.5 Å². The van der Waals surface area contributed by atoms with Crippen molar-refractivity contribution in [3.8, 4) is 11.6 Å². The molecule has 2 rings (SSSR count). The maximum Gasteiger partial charge on any atom is 0.221 e. The van der Waals surface area contributed by atoms with Crippen molar-refractivity contribution in [3.05, 3.63) is 42.5 Å². The molecule has 0 radical (unpaired) electrons. The van der Waals surface area contributed by atoms with E-state index in [-0.39, 0.29) is 5.54 Å². The van der Waals surface area contributed by atoms with E-state index in [2.05, 4.69) is 31.1 Å². The lowest BCUT2D eigenvalue weighted by molar-refractivity contribution is 0.463. The van der Waals surface area contributed by atoms with Crippen molar-refractivity contribution >= 4 is 11.5 Å². The second kappa shape index (κ2) is 6.04. The lowest BCUT2D eigenvalue weighted by Gasteiger charge is -2.21. The highest BCUT2D eigenvalue weighted by Gasteiger charge is 2.10. The van der Waals surface area contributed by atoms with Crippen molar-refractivity contribution in [3.63, 3.8) is 0 Å². The molecule has 0 atom stereocenters. The third-order valence-corrected chi connectivity index (χ3v) is 2.78. The minimum atomic E-state index is -0.0313. The summed E-state index contributed by atoms with van der Waals surface area (Å²) >= 11 is 0. The van der Waals surface area contributed by atoms with Gasteiger partial charge < -0.3 is 15.0 Å². The Morgan fingerprint density at radius 1 is 1.05 bits per heavy atom. The molecule has 2 aromatic rings. The van der Waals surface area contributed by atoms with Crippen LogP contribution in [0.5, 0.6) is 11.6 Å². The molecule has 4 nitrogen and oxygen atoms in total. The number of ether oxygens (including phenoxy) is 1. The zero-order chi connectivity index (χ0) is 15.5. The first kappa shape index (κ1) is 15.2. The predicted molar refractivity (Wildman–Crippen MR) is 88.5 cm³/mol. The van der Waals surface area contributed by atoms with Crippen molar-refractivity contribution in [1.82, 2.24) is 4.98 Å². The Morgan fingerprint density at radius 2 is 1.76 bits per heavy atom. The molecule has 0 aliphatic carbocycles. The Bertz CT molecular complexity index is 603. The van der Waals surface area contributed by atoms with Crippen molar-refractivity contribution in [2.24, 2.45) is 0 Å². The summed E-state index contributed by atoms with van der Waals surface area (Å²) < 4.78 is 5.85. The molecular weight excluding hydrogens is 262 g/mol. The first-order valence-electron chi connectivity index (χ1n) is 7.04. The lowest BCUT2D eigenvalue weighted by atomic mass is 10.1. The van der Waals surface area contributed by atoms with Gasteiger partial charge in [0.1, 0.15) is 11.6 Å². The van der Waals surface area contributed by atoms with E-state index in [1.807, 2.05) is 61.5 Å². The fourth-order valence-electron chi connectivity index (χ4n) is 1.87. The molecule has 1 heterocycles. The first-order valence-corrected chi connectivity index (χ1v) is 7.04. The fraction of sp³-hybridized carbons (Fsp3) is 0.353. The molecule has 0 spiro atoms. The van der Waals surface area contributed by atoms with Crippen LogP contribution in [-0.4, -0.2) is 24.6 Å². The number of rotatable bonds is 4. The molecule has 0 saturated heterocycles. The Labute approximate surface area is 126 Å². The highest BCUT2D eigenvalue weighted by atomic mass is 16.5. The second-order valence-electron chi connectivity index (χ2n) is 6.23. The standard InChI is InChI=1S/C17H23N3O/c1-17(2,3)19-15-10-7-11-16(18-15)21-14-9-6-8-13(12-14)20(4)5/h6-12H,1-5H3,(H,18,19). The predicted octanol–water partition coefficient (Wildman–Crippen LogP) is 4.15. The molecule has 0 aliphatic rings. The SMILES string of the molecule is CN(C)c1cccc(Oc2cccc(NC(C)(C)C)n2)c1. The summed E-state index contributed by atoms with van der Waals surface area (Å²) in [5.41, 5.74) is 1.06. The molecule has 21 heavy (non-hydrogen) atoms. The van der Waals surface area contributed by atoms with Gasteiger partial charge in [0.05, 0.1) is 0 Å². The van der Waals surface area contributed by atoms with Crippen LogP contribution in [0.2, 0.25) is 0 Å². The minimum absolute atomic E-state index is 0.0313. The van der Waals surface area contributed by atoms with Crippen LogP contribution in [0.1, 0.15) is 20.8 Å². The fourth-order valence-corrected chi connectivity index (χ4v) is 1.87. The summed E-state index contributed by atoms with van der Waals surface area (Å²) in [5, 5.41) is 3.34. The third-order valence-electron chi connectivity index (χ3n) is 2.78. The average molecular weight is 285 g/mol. The Balaban J connectivity index is 2.16. The molecule has 1 aromatic heterocycles. The highest BCUT2D eigenvalue weighted by Crippen LogP contribution is 2.25. The molecule has 0 unspecified atom stereocenters. The van der Waals surface area contributed by atoms with Gasteiger partial charge in [-0.25, -0.2) is 0 Å². The van der Waals surface area contributed by atoms with E-state index >= 15 is 0 Å². The monoisotopic (exact) mass is 285 g/mol. The third kappa shape index (κ3) is 4.67. The zero-order valence-corrected chi connectivity index (χ0v) is 13.3. The number of pyridine rings is 1. The van der Waals surface area contributed by atoms with Gasteiger partial charge >= 0.3 is 0 Å². The van der Waals surface area contributed by atoms with Gasteiger partial charge in [-0.05, 0) is 39.0 Å². The molecule has 0 saturated carbocycles. The molecule has 4 heteroatoms. The largest absolute Gasteiger partial charge is 0.439 e. The van der Waals surface area contributed by atoms with Gasteiger partial charge in [-0.1, -0.05) is 12.1 Å². The molecule has 0 amide bonds. The van der Waals surface area contributed by atoms with Crippen molar-refractivity contribution in [1.29, 1.82) is 0 Å². The van der Waals surface area contributed by atoms with E-state index in [9.17, 15) is 0 Å². The lowest BCUT2D eigenvalue weighted by Crippen LogP contribution is -2.26. The number of hydrogen-bond donors (Lipinski definition) is 1. The van der Waals surface area contributed by atoms with E-state index < -0.39 is 0 Å². The Morgan fingerprint density at radius 3 is 2.43 bits per heavy atom. The molecule has 0 aliphatic heterocycles. The minimum Gasteiger partial charge on any atom is -0.439 e. The van der Waals surface area contributed by atoms with Gasteiger partial charge in [0.15, 0.2) is 0 Å².